The van der Waals surface area contributed by atoms with E-state index in [9.17, 15) is 4.79 Å². The molecule has 1 fully saturated rings. The number of hydrogen-bond donors (Lipinski definition) is 2. The second kappa shape index (κ2) is 6.31. The van der Waals surface area contributed by atoms with E-state index in [-0.39, 0.29) is 5.91 Å². The number of thiazole rings is 1. The Morgan fingerprint density at radius 1 is 1.48 bits per heavy atom. The normalized spacial score (nSPS) is 14.3. The first-order valence-electron chi connectivity index (χ1n) is 7.01. The Morgan fingerprint density at radius 2 is 2.33 bits per heavy atom. The second-order valence-corrected chi connectivity index (χ2v) is 6.17. The molecule has 1 amide bonds. The highest BCUT2D eigenvalue weighted by atomic mass is 32.1. The van der Waals surface area contributed by atoms with Gasteiger partial charge in [0.15, 0.2) is 5.13 Å². The summed E-state index contributed by atoms with van der Waals surface area (Å²) in [5.41, 5.74) is 1.80. The minimum Gasteiger partial charge on any atom is -0.311 e. The maximum Gasteiger partial charge on any atom is 0.223 e. The number of hydrogen-bond acceptors (Lipinski definition) is 6. The van der Waals surface area contributed by atoms with Crippen molar-refractivity contribution < 1.29 is 4.79 Å². The highest BCUT2D eigenvalue weighted by Gasteiger charge is 2.20. The predicted octanol–water partition coefficient (Wildman–Crippen LogP) is 1.24. The molecule has 0 unspecified atom stereocenters. The molecule has 1 aliphatic carbocycles. The topological polar surface area (TPSA) is 84.7 Å². The van der Waals surface area contributed by atoms with Gasteiger partial charge in [0.25, 0.3) is 0 Å². The Balaban J connectivity index is 1.50. The van der Waals surface area contributed by atoms with Crippen LogP contribution in [0.5, 0.6) is 0 Å². The number of amides is 1. The molecule has 21 heavy (non-hydrogen) atoms. The highest BCUT2D eigenvalue weighted by molar-refractivity contribution is 7.13. The van der Waals surface area contributed by atoms with Crippen LogP contribution in [0.25, 0.3) is 0 Å². The Labute approximate surface area is 126 Å². The maximum absolute atomic E-state index is 11.0. The average Bonchev–Trinajstić information content (AvgIpc) is 2.98. The Bertz CT molecular complexity index is 618. The Kier molecular flexibility index (Phi) is 4.26. The first-order chi connectivity index (χ1) is 10.2. The van der Waals surface area contributed by atoms with E-state index in [1.807, 2.05) is 11.6 Å². The molecule has 2 heterocycles. The molecule has 3 rings (SSSR count). The van der Waals surface area contributed by atoms with Gasteiger partial charge in [-0.15, -0.1) is 16.4 Å². The van der Waals surface area contributed by atoms with Crippen molar-refractivity contribution in [1.29, 1.82) is 0 Å². The maximum atomic E-state index is 11.0. The van der Waals surface area contributed by atoms with Crippen molar-refractivity contribution in [3.63, 3.8) is 0 Å². The highest BCUT2D eigenvalue weighted by Crippen LogP contribution is 2.27. The van der Waals surface area contributed by atoms with Crippen LogP contribution in [-0.2, 0) is 17.9 Å². The summed E-state index contributed by atoms with van der Waals surface area (Å²) in [5.74, 6) is 0.753. The lowest BCUT2D eigenvalue weighted by molar-refractivity contribution is -0.114. The van der Waals surface area contributed by atoms with Crippen LogP contribution in [0, 0.1) is 5.92 Å². The van der Waals surface area contributed by atoms with Crippen LogP contribution in [0.4, 0.5) is 5.13 Å². The molecule has 0 spiro atoms. The van der Waals surface area contributed by atoms with Gasteiger partial charge >= 0.3 is 0 Å². The zero-order valence-electron chi connectivity index (χ0n) is 11.9. The number of anilines is 1. The van der Waals surface area contributed by atoms with Gasteiger partial charge in [0.1, 0.15) is 0 Å². The number of nitrogens with one attached hydrogen (secondary N) is 2. The third-order valence-corrected chi connectivity index (χ3v) is 3.99. The molecule has 2 N–H and O–H groups in total. The second-order valence-electron chi connectivity index (χ2n) is 5.31. The molecule has 1 saturated carbocycles. The lowest BCUT2D eigenvalue weighted by Crippen LogP contribution is -2.16. The van der Waals surface area contributed by atoms with Crippen molar-refractivity contribution >= 4 is 22.4 Å². The number of carbonyl (C=O) groups is 1. The SMILES string of the molecule is CC(=O)Nc1nc(Cn2cc(CNCC3CC3)nn2)cs1. The summed E-state index contributed by atoms with van der Waals surface area (Å²) in [6.45, 7) is 3.86. The third-order valence-electron chi connectivity index (χ3n) is 3.18. The van der Waals surface area contributed by atoms with E-state index >= 15 is 0 Å². The molecule has 2 aromatic heterocycles. The fourth-order valence-electron chi connectivity index (χ4n) is 1.98. The molecule has 1 aliphatic rings. The molecule has 7 nitrogen and oxygen atoms in total. The molecule has 0 atom stereocenters. The predicted molar refractivity (Wildman–Crippen MR) is 80.0 cm³/mol. The van der Waals surface area contributed by atoms with E-state index in [0.717, 1.165) is 30.4 Å². The lowest BCUT2D eigenvalue weighted by Gasteiger charge is -1.98. The molecular weight excluding hydrogens is 288 g/mol. The number of nitrogens with zero attached hydrogens (tertiary/aromatic N) is 4. The molecule has 0 radical (unpaired) electrons. The van der Waals surface area contributed by atoms with E-state index in [0.29, 0.717) is 11.7 Å². The summed E-state index contributed by atoms with van der Waals surface area (Å²) in [6.07, 6.45) is 4.62. The van der Waals surface area contributed by atoms with Crippen molar-refractivity contribution in [3.05, 3.63) is 23.0 Å². The van der Waals surface area contributed by atoms with Crippen LogP contribution in [0.3, 0.4) is 0 Å². The molecule has 2 aromatic rings. The summed E-state index contributed by atoms with van der Waals surface area (Å²) < 4.78 is 1.76. The zero-order valence-corrected chi connectivity index (χ0v) is 12.7. The van der Waals surface area contributed by atoms with E-state index in [1.165, 1.54) is 31.1 Å². The van der Waals surface area contributed by atoms with Gasteiger partial charge in [0, 0.05) is 18.8 Å². The molecule has 0 aromatic carbocycles. The number of carbonyl (C=O) groups excluding carboxylic acids is 1. The van der Waals surface area contributed by atoms with Crippen LogP contribution in [0.1, 0.15) is 31.2 Å². The van der Waals surface area contributed by atoms with Crippen molar-refractivity contribution in [2.75, 3.05) is 11.9 Å². The lowest BCUT2D eigenvalue weighted by atomic mass is 10.4. The fraction of sp³-hybridized carbons (Fsp3) is 0.538. The van der Waals surface area contributed by atoms with Crippen LogP contribution >= 0.6 is 11.3 Å². The van der Waals surface area contributed by atoms with Crippen molar-refractivity contribution in [2.45, 2.75) is 32.9 Å². The Hall–Kier alpha value is -1.80. The monoisotopic (exact) mass is 306 g/mol. The molecule has 8 heteroatoms. The standard InChI is InChI=1S/C13H18N6OS/c1-9(20)15-13-16-12(8-21-13)7-19-6-11(17-18-19)5-14-4-10-2-3-10/h6,8,10,14H,2-5,7H2,1H3,(H,15,16,20). The van der Waals surface area contributed by atoms with Crippen LogP contribution in [-0.4, -0.2) is 32.4 Å². The van der Waals surface area contributed by atoms with E-state index in [1.54, 1.807) is 4.68 Å². The van der Waals surface area contributed by atoms with Gasteiger partial charge in [-0.3, -0.25) is 4.79 Å². The minimum atomic E-state index is -0.110. The van der Waals surface area contributed by atoms with Gasteiger partial charge in [0.2, 0.25) is 5.91 Å². The minimum absolute atomic E-state index is 0.110. The summed E-state index contributed by atoms with van der Waals surface area (Å²) in [5, 5.41) is 16.8. The molecular formula is C13H18N6OS. The van der Waals surface area contributed by atoms with Crippen molar-refractivity contribution in [1.82, 2.24) is 25.3 Å². The average molecular weight is 306 g/mol. The molecule has 0 saturated heterocycles. The van der Waals surface area contributed by atoms with E-state index < -0.39 is 0 Å². The first-order valence-corrected chi connectivity index (χ1v) is 7.89. The van der Waals surface area contributed by atoms with Crippen molar-refractivity contribution in [2.24, 2.45) is 5.92 Å². The summed E-state index contributed by atoms with van der Waals surface area (Å²) in [4.78, 5) is 15.3. The van der Waals surface area contributed by atoms with Gasteiger partial charge in [0.05, 0.1) is 24.1 Å². The number of aromatic nitrogens is 4. The molecule has 112 valence electrons. The van der Waals surface area contributed by atoms with Gasteiger partial charge in [-0.05, 0) is 25.3 Å². The summed E-state index contributed by atoms with van der Waals surface area (Å²) in [6, 6.07) is 0. The largest absolute Gasteiger partial charge is 0.311 e. The smallest absolute Gasteiger partial charge is 0.223 e. The van der Waals surface area contributed by atoms with E-state index in [4.69, 9.17) is 0 Å². The quantitative estimate of drug-likeness (QED) is 0.804. The summed E-state index contributed by atoms with van der Waals surface area (Å²) in [7, 11) is 0. The van der Waals surface area contributed by atoms with Crippen LogP contribution in [0.2, 0.25) is 0 Å². The van der Waals surface area contributed by atoms with E-state index in [2.05, 4.69) is 25.9 Å². The first kappa shape index (κ1) is 14.2. The number of rotatable bonds is 7. The van der Waals surface area contributed by atoms with Gasteiger partial charge in [-0.2, -0.15) is 0 Å². The zero-order chi connectivity index (χ0) is 14.7. The fourth-order valence-corrected chi connectivity index (χ4v) is 2.72. The third kappa shape index (κ3) is 4.33. The van der Waals surface area contributed by atoms with Crippen LogP contribution < -0.4 is 10.6 Å². The summed E-state index contributed by atoms with van der Waals surface area (Å²) >= 11 is 1.41. The molecule has 0 aliphatic heterocycles. The van der Waals surface area contributed by atoms with Gasteiger partial charge in [-0.25, -0.2) is 9.67 Å². The van der Waals surface area contributed by atoms with Crippen molar-refractivity contribution in [3.8, 4) is 0 Å². The molecule has 0 bridgehead atoms. The van der Waals surface area contributed by atoms with Gasteiger partial charge in [-0.1, -0.05) is 5.21 Å². The van der Waals surface area contributed by atoms with Gasteiger partial charge < -0.3 is 10.6 Å². The van der Waals surface area contributed by atoms with Crippen LogP contribution in [0.15, 0.2) is 11.6 Å². The Morgan fingerprint density at radius 3 is 3.10 bits per heavy atom.